The molecule has 4 rings (SSSR count). The molecule has 0 saturated carbocycles. The summed E-state index contributed by atoms with van der Waals surface area (Å²) in [5.74, 6) is -0.997. The van der Waals surface area contributed by atoms with Crippen LogP contribution < -0.4 is 10.9 Å². The Kier molecular flexibility index (Phi) is 5.12. The first kappa shape index (κ1) is 20.8. The monoisotopic (exact) mass is 430 g/mol. The van der Waals surface area contributed by atoms with Gasteiger partial charge in [0.15, 0.2) is 0 Å². The summed E-state index contributed by atoms with van der Waals surface area (Å²) in [6, 6.07) is 7.80. The summed E-state index contributed by atoms with van der Waals surface area (Å²) in [6.07, 6.45) is -0.389. The second-order valence-electron chi connectivity index (χ2n) is 7.34. The number of hydrogen-bond donors (Lipinski definition) is 2. The van der Waals surface area contributed by atoms with Crippen molar-refractivity contribution in [2.75, 3.05) is 0 Å². The zero-order valence-corrected chi connectivity index (χ0v) is 16.6. The normalized spacial score (nSPS) is 20.6. The molecule has 2 aromatic heterocycles. The molecule has 2 atom stereocenters. The average Bonchev–Trinajstić information content (AvgIpc) is 3.08. The fraction of sp³-hybridized carbons (Fsp3) is 0.227. The van der Waals surface area contributed by atoms with E-state index in [9.17, 15) is 22.4 Å². The molecule has 2 N–H and O–H groups in total. The lowest BCUT2D eigenvalue weighted by Gasteiger charge is -2.31. The van der Waals surface area contributed by atoms with Crippen molar-refractivity contribution in [3.8, 4) is 0 Å². The van der Waals surface area contributed by atoms with Crippen molar-refractivity contribution in [2.45, 2.75) is 31.9 Å². The Morgan fingerprint density at radius 2 is 1.74 bits per heavy atom. The van der Waals surface area contributed by atoms with E-state index >= 15 is 0 Å². The third-order valence-electron chi connectivity index (χ3n) is 5.58. The molecule has 0 aliphatic carbocycles. The Morgan fingerprint density at radius 1 is 1.06 bits per heavy atom. The zero-order chi connectivity index (χ0) is 22.3. The maximum absolute atomic E-state index is 13.8. The van der Waals surface area contributed by atoms with E-state index < -0.39 is 40.9 Å². The summed E-state index contributed by atoms with van der Waals surface area (Å²) in [7, 11) is 0. The van der Waals surface area contributed by atoms with E-state index in [1.165, 1.54) is 55.7 Å². The molecular formula is C22H18F4N4O. The molecule has 1 aromatic carbocycles. The van der Waals surface area contributed by atoms with Gasteiger partial charge < -0.3 is 10.3 Å². The summed E-state index contributed by atoms with van der Waals surface area (Å²) in [4.78, 5) is 22.8. The van der Waals surface area contributed by atoms with Crippen LogP contribution in [-0.2, 0) is 5.54 Å². The van der Waals surface area contributed by atoms with Gasteiger partial charge in [-0.2, -0.15) is 4.39 Å². The minimum absolute atomic E-state index is 0.0537. The molecule has 3 aromatic rings. The van der Waals surface area contributed by atoms with E-state index in [2.05, 4.69) is 15.3 Å². The van der Waals surface area contributed by atoms with Gasteiger partial charge in [0.25, 0.3) is 12.0 Å². The molecule has 0 amide bonds. The number of aromatic nitrogens is 2. The Balaban J connectivity index is 1.98. The Bertz CT molecular complexity index is 1160. The van der Waals surface area contributed by atoms with Crippen LogP contribution >= 0.6 is 0 Å². The van der Waals surface area contributed by atoms with E-state index in [1.807, 2.05) is 0 Å². The molecule has 3 heterocycles. The van der Waals surface area contributed by atoms with Gasteiger partial charge in [0, 0.05) is 34.6 Å². The minimum Gasteiger partial charge on any atom is -0.364 e. The molecule has 0 saturated heterocycles. The molecular weight excluding hydrogens is 412 g/mol. The minimum atomic E-state index is -2.90. The lowest BCUT2D eigenvalue weighted by Crippen LogP contribution is -2.41. The number of nitrogens with one attached hydrogen (secondary N) is 2. The van der Waals surface area contributed by atoms with Crippen molar-refractivity contribution in [1.82, 2.24) is 15.3 Å². The first-order valence-electron chi connectivity index (χ1n) is 9.49. The van der Waals surface area contributed by atoms with Crippen LogP contribution in [0.25, 0.3) is 0 Å². The van der Waals surface area contributed by atoms with Gasteiger partial charge in [-0.05, 0) is 37.6 Å². The quantitative estimate of drug-likeness (QED) is 0.486. The fourth-order valence-corrected chi connectivity index (χ4v) is 3.98. The van der Waals surface area contributed by atoms with Crippen molar-refractivity contribution < 1.29 is 17.6 Å². The molecule has 0 bridgehead atoms. The second kappa shape index (κ2) is 7.64. The van der Waals surface area contributed by atoms with Gasteiger partial charge in [0.2, 0.25) is 5.95 Å². The average molecular weight is 430 g/mol. The van der Waals surface area contributed by atoms with Gasteiger partial charge in [-0.1, -0.05) is 18.2 Å². The molecule has 9 heteroatoms. The number of rotatable bonds is 4. The number of aromatic amines is 1. The van der Waals surface area contributed by atoms with Gasteiger partial charge in [-0.15, -0.1) is 0 Å². The van der Waals surface area contributed by atoms with E-state index in [-0.39, 0.29) is 17.0 Å². The molecule has 1 aliphatic heterocycles. The first-order valence-corrected chi connectivity index (χ1v) is 9.49. The highest BCUT2D eigenvalue weighted by Gasteiger charge is 2.46. The Labute approximate surface area is 174 Å². The molecule has 0 fully saturated rings. The highest BCUT2D eigenvalue weighted by Crippen LogP contribution is 2.41. The molecule has 5 nitrogen and oxygen atoms in total. The van der Waals surface area contributed by atoms with Crippen LogP contribution in [0.4, 0.5) is 17.6 Å². The predicted octanol–water partition coefficient (Wildman–Crippen LogP) is 3.98. The topological polar surface area (TPSA) is 70.1 Å². The van der Waals surface area contributed by atoms with Gasteiger partial charge in [0.1, 0.15) is 17.2 Å². The van der Waals surface area contributed by atoms with Crippen molar-refractivity contribution in [3.63, 3.8) is 0 Å². The zero-order valence-electron chi connectivity index (χ0n) is 16.6. The molecule has 0 spiro atoms. The van der Waals surface area contributed by atoms with Crippen LogP contribution in [0.15, 0.2) is 58.6 Å². The van der Waals surface area contributed by atoms with Crippen LogP contribution in [0, 0.1) is 18.7 Å². The molecule has 0 unspecified atom stereocenters. The third-order valence-corrected chi connectivity index (χ3v) is 5.58. The van der Waals surface area contributed by atoms with E-state index in [4.69, 9.17) is 4.99 Å². The van der Waals surface area contributed by atoms with Gasteiger partial charge in [0.05, 0.1) is 6.04 Å². The number of H-pyrrole nitrogens is 1. The fourth-order valence-electron chi connectivity index (χ4n) is 3.98. The van der Waals surface area contributed by atoms with Crippen molar-refractivity contribution in [3.05, 3.63) is 98.7 Å². The van der Waals surface area contributed by atoms with Crippen molar-refractivity contribution in [1.29, 1.82) is 0 Å². The third kappa shape index (κ3) is 3.39. The van der Waals surface area contributed by atoms with Crippen molar-refractivity contribution >= 4 is 5.84 Å². The standard InChI is InChI=1S/C22H18F4N4O/c1-11-18(19(25)26)16(10-28-21(11)31)20-29-12(2)22(30-20,13-3-6-15(23)7-4-13)14-5-8-17(24)27-9-14/h3-10,12,19H,1-2H3,(H,28,31)(H,29,30)/t12-,22-/m0/s1. The van der Waals surface area contributed by atoms with Crippen LogP contribution in [0.5, 0.6) is 0 Å². The van der Waals surface area contributed by atoms with Crippen LogP contribution in [0.3, 0.4) is 0 Å². The summed E-state index contributed by atoms with van der Waals surface area (Å²) in [5.41, 5.74) is -1.21. The first-order chi connectivity index (χ1) is 14.7. The summed E-state index contributed by atoms with van der Waals surface area (Å²) < 4.78 is 54.7. The van der Waals surface area contributed by atoms with Gasteiger partial charge >= 0.3 is 0 Å². The van der Waals surface area contributed by atoms with Crippen LogP contribution in [-0.4, -0.2) is 21.8 Å². The molecule has 31 heavy (non-hydrogen) atoms. The number of benzene rings is 1. The Hall–Kier alpha value is -3.49. The largest absolute Gasteiger partial charge is 0.364 e. The molecule has 1 aliphatic rings. The number of hydrogen-bond acceptors (Lipinski definition) is 4. The number of nitrogens with zero attached hydrogens (tertiary/aromatic N) is 2. The van der Waals surface area contributed by atoms with Gasteiger partial charge in [-0.3, -0.25) is 4.79 Å². The number of pyridine rings is 2. The van der Waals surface area contributed by atoms with Crippen LogP contribution in [0.1, 0.15) is 41.2 Å². The SMILES string of the molecule is Cc1c(C(F)F)c(C2=N[C@@](c3ccc(F)cc3)(c3ccc(F)nc3)[C@H](C)N2)c[nH]c1=O. The maximum Gasteiger partial charge on any atom is 0.265 e. The molecule has 0 radical (unpaired) electrons. The smallest absolute Gasteiger partial charge is 0.265 e. The summed E-state index contributed by atoms with van der Waals surface area (Å²) in [5, 5.41) is 3.11. The lowest BCUT2D eigenvalue weighted by molar-refractivity contribution is 0.150. The summed E-state index contributed by atoms with van der Waals surface area (Å²) >= 11 is 0. The highest BCUT2D eigenvalue weighted by atomic mass is 19.3. The number of aliphatic imine (C=N–C) groups is 1. The Morgan fingerprint density at radius 3 is 2.35 bits per heavy atom. The predicted molar refractivity (Wildman–Crippen MR) is 107 cm³/mol. The number of amidine groups is 1. The summed E-state index contributed by atoms with van der Waals surface area (Å²) in [6.45, 7) is 3.10. The van der Waals surface area contributed by atoms with Crippen LogP contribution in [0.2, 0.25) is 0 Å². The van der Waals surface area contributed by atoms with Crippen molar-refractivity contribution in [2.24, 2.45) is 4.99 Å². The van der Waals surface area contributed by atoms with E-state index in [0.717, 1.165) is 0 Å². The number of alkyl halides is 2. The number of halogens is 4. The second-order valence-corrected chi connectivity index (χ2v) is 7.34. The van der Waals surface area contributed by atoms with E-state index in [0.29, 0.717) is 11.1 Å². The highest BCUT2D eigenvalue weighted by molar-refractivity contribution is 6.02. The van der Waals surface area contributed by atoms with E-state index in [1.54, 1.807) is 6.92 Å². The van der Waals surface area contributed by atoms with Gasteiger partial charge in [-0.25, -0.2) is 23.1 Å². The molecule has 160 valence electrons. The lowest BCUT2D eigenvalue weighted by atomic mass is 9.79. The maximum atomic E-state index is 13.8.